The van der Waals surface area contributed by atoms with Crippen LogP contribution in [0.15, 0.2) is 0 Å². The maximum atomic E-state index is 10.9. The molecule has 0 aliphatic carbocycles. The van der Waals surface area contributed by atoms with Crippen molar-refractivity contribution >= 4 is 5.97 Å². The normalized spacial score (nSPS) is 22.7. The van der Waals surface area contributed by atoms with Gasteiger partial charge in [0.05, 0.1) is 0 Å². The molecule has 1 heterocycles. The van der Waals surface area contributed by atoms with Crippen LogP contribution in [-0.2, 0) is 19.3 Å². The average molecular weight is 188 g/mol. The number of ether oxygens (including phenoxy) is 1. The Morgan fingerprint density at radius 1 is 1.54 bits per heavy atom. The highest BCUT2D eigenvalue weighted by atomic mass is 17.2. The second-order valence-corrected chi connectivity index (χ2v) is 3.10. The van der Waals surface area contributed by atoms with Gasteiger partial charge in [-0.2, -0.15) is 4.89 Å². The molecule has 13 heavy (non-hydrogen) atoms. The summed E-state index contributed by atoms with van der Waals surface area (Å²) in [5.41, 5.74) is 0. The molecular weight excluding hydrogens is 172 g/mol. The summed E-state index contributed by atoms with van der Waals surface area (Å²) in [5.74, 6) is -0.323. The van der Waals surface area contributed by atoms with Crippen molar-refractivity contribution in [2.45, 2.75) is 45.3 Å². The number of rotatable bonds is 4. The second-order valence-electron chi connectivity index (χ2n) is 3.10. The minimum absolute atomic E-state index is 0.323. The largest absolute Gasteiger partial charge is 0.349 e. The minimum Gasteiger partial charge on any atom is -0.349 e. The van der Waals surface area contributed by atoms with Crippen LogP contribution >= 0.6 is 0 Å². The summed E-state index contributed by atoms with van der Waals surface area (Å²) in [6, 6.07) is 0. The fourth-order valence-corrected chi connectivity index (χ4v) is 1.14. The van der Waals surface area contributed by atoms with Gasteiger partial charge in [-0.15, -0.1) is 0 Å². The SMILES string of the molecule is CCCC(=O)OOC1CCCCO1. The molecule has 1 unspecified atom stereocenters. The molecule has 1 saturated heterocycles. The molecule has 0 N–H and O–H groups in total. The fourth-order valence-electron chi connectivity index (χ4n) is 1.14. The molecule has 0 saturated carbocycles. The van der Waals surface area contributed by atoms with Crippen LogP contribution in [0.2, 0.25) is 0 Å². The van der Waals surface area contributed by atoms with Crippen LogP contribution < -0.4 is 0 Å². The van der Waals surface area contributed by atoms with Crippen molar-refractivity contribution in [2.75, 3.05) is 6.61 Å². The minimum atomic E-state index is -0.352. The van der Waals surface area contributed by atoms with E-state index < -0.39 is 0 Å². The van der Waals surface area contributed by atoms with Gasteiger partial charge in [0.1, 0.15) is 0 Å². The van der Waals surface area contributed by atoms with E-state index in [1.54, 1.807) is 0 Å². The summed E-state index contributed by atoms with van der Waals surface area (Å²) in [6.07, 6.45) is 3.74. The Labute approximate surface area is 78.1 Å². The predicted octanol–water partition coefficient (Wildman–Crippen LogP) is 1.79. The van der Waals surface area contributed by atoms with Crippen molar-refractivity contribution in [1.82, 2.24) is 0 Å². The third kappa shape index (κ3) is 4.24. The maximum Gasteiger partial charge on any atom is 0.342 e. The number of carbonyl (C=O) groups excluding carboxylic acids is 1. The van der Waals surface area contributed by atoms with Crippen LogP contribution in [0.3, 0.4) is 0 Å². The molecule has 0 amide bonds. The van der Waals surface area contributed by atoms with E-state index >= 15 is 0 Å². The first-order valence-electron chi connectivity index (χ1n) is 4.80. The first-order valence-corrected chi connectivity index (χ1v) is 4.80. The monoisotopic (exact) mass is 188 g/mol. The highest BCUT2D eigenvalue weighted by molar-refractivity contribution is 5.68. The van der Waals surface area contributed by atoms with Crippen LogP contribution in [-0.4, -0.2) is 18.9 Å². The zero-order chi connectivity index (χ0) is 9.52. The quantitative estimate of drug-likeness (QED) is 0.498. The van der Waals surface area contributed by atoms with Gasteiger partial charge in [0.15, 0.2) is 0 Å². The number of carbonyl (C=O) groups is 1. The van der Waals surface area contributed by atoms with Crippen molar-refractivity contribution in [1.29, 1.82) is 0 Å². The van der Waals surface area contributed by atoms with E-state index in [1.807, 2.05) is 6.92 Å². The Hall–Kier alpha value is -0.610. The average Bonchev–Trinajstić information content (AvgIpc) is 2.17. The molecule has 1 fully saturated rings. The topological polar surface area (TPSA) is 44.8 Å². The molecule has 76 valence electrons. The third-order valence-corrected chi connectivity index (χ3v) is 1.84. The van der Waals surface area contributed by atoms with Crippen molar-refractivity contribution in [2.24, 2.45) is 0 Å². The van der Waals surface area contributed by atoms with E-state index in [0.717, 1.165) is 25.7 Å². The van der Waals surface area contributed by atoms with E-state index in [4.69, 9.17) is 9.62 Å². The smallest absolute Gasteiger partial charge is 0.342 e. The fraction of sp³-hybridized carbons (Fsp3) is 0.889. The van der Waals surface area contributed by atoms with Gasteiger partial charge < -0.3 is 4.74 Å². The van der Waals surface area contributed by atoms with Gasteiger partial charge in [0.2, 0.25) is 6.29 Å². The van der Waals surface area contributed by atoms with Crippen LogP contribution in [0.25, 0.3) is 0 Å². The van der Waals surface area contributed by atoms with Gasteiger partial charge >= 0.3 is 5.97 Å². The lowest BCUT2D eigenvalue weighted by Crippen LogP contribution is -2.23. The van der Waals surface area contributed by atoms with Crippen LogP contribution in [0.4, 0.5) is 0 Å². The van der Waals surface area contributed by atoms with E-state index in [0.29, 0.717) is 13.0 Å². The van der Waals surface area contributed by atoms with E-state index in [1.165, 1.54) is 0 Å². The lowest BCUT2D eigenvalue weighted by Gasteiger charge is -2.20. The molecule has 4 nitrogen and oxygen atoms in total. The Morgan fingerprint density at radius 3 is 3.00 bits per heavy atom. The second kappa shape index (κ2) is 5.94. The van der Waals surface area contributed by atoms with Crippen molar-refractivity contribution < 1.29 is 19.3 Å². The van der Waals surface area contributed by atoms with E-state index in [9.17, 15) is 4.79 Å². The van der Waals surface area contributed by atoms with Crippen LogP contribution in [0.5, 0.6) is 0 Å². The molecule has 0 aromatic rings. The number of hydrogen-bond donors (Lipinski definition) is 0. The van der Waals surface area contributed by atoms with Gasteiger partial charge in [-0.25, -0.2) is 4.79 Å². The Kier molecular flexibility index (Phi) is 4.78. The summed E-state index contributed by atoms with van der Waals surface area (Å²) < 4.78 is 5.21. The lowest BCUT2D eigenvalue weighted by atomic mass is 10.2. The van der Waals surface area contributed by atoms with Gasteiger partial charge in [0, 0.05) is 19.4 Å². The molecule has 1 aliphatic rings. The summed E-state index contributed by atoms with van der Waals surface area (Å²) in [4.78, 5) is 20.3. The maximum absolute atomic E-state index is 10.9. The zero-order valence-electron chi connectivity index (χ0n) is 7.95. The van der Waals surface area contributed by atoms with Crippen LogP contribution in [0.1, 0.15) is 39.0 Å². The summed E-state index contributed by atoms with van der Waals surface area (Å²) in [6.45, 7) is 2.61. The molecule has 0 radical (unpaired) electrons. The van der Waals surface area contributed by atoms with E-state index in [2.05, 4.69) is 4.89 Å². The third-order valence-electron chi connectivity index (χ3n) is 1.84. The van der Waals surface area contributed by atoms with Gasteiger partial charge in [-0.1, -0.05) is 6.92 Å². The van der Waals surface area contributed by atoms with Gasteiger partial charge in [-0.05, 0) is 19.3 Å². The lowest BCUT2D eigenvalue weighted by molar-refractivity contribution is -0.358. The number of hydrogen-bond acceptors (Lipinski definition) is 4. The summed E-state index contributed by atoms with van der Waals surface area (Å²) in [5, 5.41) is 0. The molecule has 1 atom stereocenters. The van der Waals surface area contributed by atoms with Gasteiger partial charge in [-0.3, -0.25) is 4.89 Å². The highest BCUT2D eigenvalue weighted by Gasteiger charge is 2.16. The molecule has 0 spiro atoms. The molecule has 1 aliphatic heterocycles. The van der Waals surface area contributed by atoms with Crippen molar-refractivity contribution in [3.63, 3.8) is 0 Å². The molecule has 4 heteroatoms. The molecule has 0 aromatic carbocycles. The van der Waals surface area contributed by atoms with Crippen molar-refractivity contribution in [3.8, 4) is 0 Å². The first kappa shape index (κ1) is 10.5. The first-order chi connectivity index (χ1) is 6.33. The highest BCUT2D eigenvalue weighted by Crippen LogP contribution is 2.14. The molecule has 0 aromatic heterocycles. The summed E-state index contributed by atoms with van der Waals surface area (Å²) in [7, 11) is 0. The Morgan fingerprint density at radius 2 is 2.38 bits per heavy atom. The summed E-state index contributed by atoms with van der Waals surface area (Å²) >= 11 is 0. The molecule has 0 bridgehead atoms. The van der Waals surface area contributed by atoms with Crippen LogP contribution in [0, 0.1) is 0 Å². The Bertz CT molecular complexity index is 152. The molecular formula is C9H16O4. The van der Waals surface area contributed by atoms with E-state index in [-0.39, 0.29) is 12.3 Å². The Balaban J connectivity index is 2.06. The molecule has 1 rings (SSSR count). The predicted molar refractivity (Wildman–Crippen MR) is 45.7 cm³/mol. The van der Waals surface area contributed by atoms with Crippen molar-refractivity contribution in [3.05, 3.63) is 0 Å². The zero-order valence-corrected chi connectivity index (χ0v) is 7.95. The van der Waals surface area contributed by atoms with Gasteiger partial charge in [0.25, 0.3) is 0 Å². The standard InChI is InChI=1S/C9H16O4/c1-2-5-8(10)12-13-9-6-3-4-7-11-9/h9H,2-7H2,1H3.